The van der Waals surface area contributed by atoms with Gasteiger partial charge in [0, 0.05) is 11.1 Å². The highest BCUT2D eigenvalue weighted by Gasteiger charge is 2.40. The number of ketones is 1. The monoisotopic (exact) mass is 374 g/mol. The molecule has 0 aliphatic carbocycles. The van der Waals surface area contributed by atoms with Gasteiger partial charge in [-0.25, -0.2) is 9.59 Å². The summed E-state index contributed by atoms with van der Waals surface area (Å²) in [5.74, 6) is -1.32. The van der Waals surface area contributed by atoms with Crippen LogP contribution in [-0.2, 0) is 23.8 Å². The Morgan fingerprint density at radius 2 is 1.44 bits per heavy atom. The van der Waals surface area contributed by atoms with Gasteiger partial charge in [-0.2, -0.15) is 0 Å². The maximum atomic E-state index is 12.5. The Labute approximate surface area is 157 Å². The first-order valence-electron chi connectivity index (χ1n) is 8.21. The number of benzene rings is 1. The molecule has 1 aliphatic heterocycles. The molecule has 1 aromatic carbocycles. The van der Waals surface area contributed by atoms with Crippen LogP contribution in [0.2, 0.25) is 0 Å². The molecular formula is C20H22O7. The summed E-state index contributed by atoms with van der Waals surface area (Å²) < 4.78 is 20.8. The van der Waals surface area contributed by atoms with Crippen LogP contribution < -0.4 is 4.74 Å². The van der Waals surface area contributed by atoms with Gasteiger partial charge in [-0.1, -0.05) is 0 Å². The molecule has 7 nitrogen and oxygen atoms in total. The van der Waals surface area contributed by atoms with Crippen molar-refractivity contribution in [3.8, 4) is 5.75 Å². The third-order valence-corrected chi connectivity index (χ3v) is 4.40. The van der Waals surface area contributed by atoms with Crippen LogP contribution in [0.25, 0.3) is 0 Å². The lowest BCUT2D eigenvalue weighted by molar-refractivity contribution is -0.137. The molecule has 0 aromatic heterocycles. The molecule has 1 aliphatic rings. The second-order valence-electron chi connectivity index (χ2n) is 5.97. The van der Waals surface area contributed by atoms with Gasteiger partial charge in [-0.05, 0) is 39.0 Å². The van der Waals surface area contributed by atoms with Crippen molar-refractivity contribution in [2.75, 3.05) is 21.3 Å². The van der Waals surface area contributed by atoms with Crippen LogP contribution in [0.5, 0.6) is 5.75 Å². The Morgan fingerprint density at radius 3 is 1.85 bits per heavy atom. The van der Waals surface area contributed by atoms with Crippen molar-refractivity contribution in [2.24, 2.45) is 0 Å². The van der Waals surface area contributed by atoms with E-state index in [0.29, 0.717) is 28.4 Å². The molecule has 0 atom stereocenters. The molecule has 0 saturated heterocycles. The first-order valence-corrected chi connectivity index (χ1v) is 8.21. The second-order valence-corrected chi connectivity index (χ2v) is 5.97. The summed E-state index contributed by atoms with van der Waals surface area (Å²) in [7, 11) is 3.95. The van der Waals surface area contributed by atoms with Gasteiger partial charge >= 0.3 is 11.9 Å². The first-order chi connectivity index (χ1) is 12.8. The summed E-state index contributed by atoms with van der Waals surface area (Å²) in [4.78, 5) is 36.9. The summed E-state index contributed by atoms with van der Waals surface area (Å²) in [6.45, 7) is 4.65. The normalized spacial score (nSPS) is 14.6. The van der Waals surface area contributed by atoms with Crippen LogP contribution in [0.4, 0.5) is 0 Å². The van der Waals surface area contributed by atoms with E-state index in [0.717, 1.165) is 0 Å². The molecule has 0 fully saturated rings. The zero-order valence-electron chi connectivity index (χ0n) is 16.2. The van der Waals surface area contributed by atoms with Crippen LogP contribution in [0, 0.1) is 0 Å². The van der Waals surface area contributed by atoms with Gasteiger partial charge in [0.2, 0.25) is 0 Å². The van der Waals surface area contributed by atoms with E-state index in [1.165, 1.54) is 28.3 Å². The number of carbonyl (C=O) groups is 3. The van der Waals surface area contributed by atoms with Crippen molar-refractivity contribution in [3.63, 3.8) is 0 Å². The Morgan fingerprint density at radius 1 is 0.926 bits per heavy atom. The van der Waals surface area contributed by atoms with E-state index >= 15 is 0 Å². The van der Waals surface area contributed by atoms with Crippen molar-refractivity contribution in [1.29, 1.82) is 0 Å². The third kappa shape index (κ3) is 3.72. The minimum absolute atomic E-state index is 0.141. The van der Waals surface area contributed by atoms with Gasteiger partial charge in [0.05, 0.1) is 38.4 Å². The maximum absolute atomic E-state index is 12.5. The molecule has 1 heterocycles. The first kappa shape index (κ1) is 20.2. The predicted molar refractivity (Wildman–Crippen MR) is 96.3 cm³/mol. The standard InChI is InChI=1S/C20H22O7/c1-10(21)13-7-8-15(24-4)14(9-13)18-16(19(22)25-5)11(2)27-12(3)17(18)20(23)26-6/h7-9,18H,1-6H3. The molecule has 27 heavy (non-hydrogen) atoms. The van der Waals surface area contributed by atoms with Gasteiger partial charge in [0.1, 0.15) is 17.3 Å². The summed E-state index contributed by atoms with van der Waals surface area (Å²) in [6.07, 6.45) is 0. The van der Waals surface area contributed by atoms with E-state index in [2.05, 4.69) is 0 Å². The lowest BCUT2D eigenvalue weighted by Gasteiger charge is -2.30. The number of hydrogen-bond donors (Lipinski definition) is 0. The van der Waals surface area contributed by atoms with Crippen LogP contribution >= 0.6 is 0 Å². The highest BCUT2D eigenvalue weighted by molar-refractivity contribution is 6.00. The minimum Gasteiger partial charge on any atom is -0.496 e. The Hall–Kier alpha value is -3.09. The minimum atomic E-state index is -0.868. The van der Waals surface area contributed by atoms with E-state index in [1.54, 1.807) is 32.0 Å². The van der Waals surface area contributed by atoms with E-state index in [-0.39, 0.29) is 16.9 Å². The number of esters is 2. The molecular weight excluding hydrogens is 352 g/mol. The van der Waals surface area contributed by atoms with Crippen LogP contribution in [-0.4, -0.2) is 39.1 Å². The van der Waals surface area contributed by atoms with Gasteiger partial charge in [-0.3, -0.25) is 4.79 Å². The lowest BCUT2D eigenvalue weighted by atomic mass is 9.80. The number of carbonyl (C=O) groups excluding carboxylic acids is 3. The van der Waals surface area contributed by atoms with E-state index in [4.69, 9.17) is 18.9 Å². The van der Waals surface area contributed by atoms with Crippen molar-refractivity contribution in [2.45, 2.75) is 26.7 Å². The third-order valence-electron chi connectivity index (χ3n) is 4.40. The van der Waals surface area contributed by atoms with Crippen molar-refractivity contribution >= 4 is 17.7 Å². The Bertz CT molecular complexity index is 823. The molecule has 7 heteroatoms. The van der Waals surface area contributed by atoms with E-state index in [1.807, 2.05) is 0 Å². The topological polar surface area (TPSA) is 88.1 Å². The molecule has 1 aromatic rings. The molecule has 0 radical (unpaired) electrons. The zero-order valence-corrected chi connectivity index (χ0v) is 16.2. The van der Waals surface area contributed by atoms with Crippen molar-refractivity contribution in [3.05, 3.63) is 52.0 Å². The van der Waals surface area contributed by atoms with Crippen LogP contribution in [0.3, 0.4) is 0 Å². The fourth-order valence-corrected chi connectivity index (χ4v) is 3.12. The van der Waals surface area contributed by atoms with Crippen molar-refractivity contribution in [1.82, 2.24) is 0 Å². The molecule has 0 saturated carbocycles. The van der Waals surface area contributed by atoms with E-state index in [9.17, 15) is 14.4 Å². The maximum Gasteiger partial charge on any atom is 0.338 e. The quantitative estimate of drug-likeness (QED) is 0.578. The lowest BCUT2D eigenvalue weighted by Crippen LogP contribution is -2.27. The number of rotatable bonds is 5. The van der Waals surface area contributed by atoms with Gasteiger partial charge in [-0.15, -0.1) is 0 Å². The zero-order chi connectivity index (χ0) is 20.3. The molecule has 0 amide bonds. The molecule has 0 spiro atoms. The number of allylic oxidation sites excluding steroid dienone is 2. The largest absolute Gasteiger partial charge is 0.496 e. The van der Waals surface area contributed by atoms with Crippen LogP contribution in [0.1, 0.15) is 42.6 Å². The molecule has 0 N–H and O–H groups in total. The number of Topliss-reactive ketones (excluding diaryl/α,β-unsaturated/α-hetero) is 1. The smallest absolute Gasteiger partial charge is 0.338 e. The Balaban J connectivity index is 2.84. The average molecular weight is 374 g/mol. The van der Waals surface area contributed by atoms with E-state index < -0.39 is 17.9 Å². The van der Waals surface area contributed by atoms with Crippen molar-refractivity contribution < 1.29 is 33.3 Å². The van der Waals surface area contributed by atoms with Gasteiger partial charge in [0.25, 0.3) is 0 Å². The van der Waals surface area contributed by atoms with Gasteiger partial charge in [0.15, 0.2) is 5.78 Å². The molecule has 144 valence electrons. The fraction of sp³-hybridized carbons (Fsp3) is 0.350. The summed E-state index contributed by atoms with van der Waals surface area (Å²) in [5.41, 5.74) is 1.17. The highest BCUT2D eigenvalue weighted by atomic mass is 16.5. The number of ether oxygens (including phenoxy) is 4. The Kier molecular flexibility index (Phi) is 6.05. The number of hydrogen-bond acceptors (Lipinski definition) is 7. The average Bonchev–Trinajstić information content (AvgIpc) is 2.65. The highest BCUT2D eigenvalue weighted by Crippen LogP contribution is 2.44. The van der Waals surface area contributed by atoms with Gasteiger partial charge < -0.3 is 18.9 Å². The molecule has 0 unspecified atom stereocenters. The summed E-state index contributed by atoms with van der Waals surface area (Å²) in [6, 6.07) is 4.84. The van der Waals surface area contributed by atoms with Crippen LogP contribution in [0.15, 0.2) is 40.9 Å². The number of methoxy groups -OCH3 is 3. The molecule has 0 bridgehead atoms. The fourth-order valence-electron chi connectivity index (χ4n) is 3.12. The SMILES string of the molecule is COC(=O)C1=C(C)OC(C)=C(C(=O)OC)C1c1cc(C(C)=O)ccc1OC. The second kappa shape index (κ2) is 8.07. The predicted octanol–water partition coefficient (Wildman–Crippen LogP) is 2.91. The summed E-state index contributed by atoms with van der Waals surface area (Å²) >= 11 is 0. The summed E-state index contributed by atoms with van der Waals surface area (Å²) in [5, 5.41) is 0. The molecule has 2 rings (SSSR count).